The molecule has 3 aliphatic heterocycles. The van der Waals surface area contributed by atoms with Gasteiger partial charge in [0.1, 0.15) is 11.6 Å². The molecule has 3 saturated heterocycles. The number of carbonyl (C=O) groups excluding carboxylic acids is 3. The molecule has 4 rings (SSSR count). The number of nitrogens with one attached hydrogen (secondary N) is 2. The maximum Gasteiger partial charge on any atom is 0.245 e. The molecule has 3 aliphatic rings. The number of anilines is 1. The summed E-state index contributed by atoms with van der Waals surface area (Å²) in [6.07, 6.45) is 2.92. The van der Waals surface area contributed by atoms with Crippen LogP contribution in [-0.4, -0.2) is 70.0 Å². The number of aliphatic hydroxyl groups excluding tert-OH is 1. The predicted octanol–water partition coefficient (Wildman–Crippen LogP) is 2.06. The Morgan fingerprint density at radius 2 is 1.97 bits per heavy atom. The topological polar surface area (TPSA) is 108 Å². The molecule has 1 spiro atoms. The lowest BCUT2D eigenvalue weighted by Gasteiger charge is -2.34. The van der Waals surface area contributed by atoms with Crippen LogP contribution in [0.4, 0.5) is 5.69 Å². The molecule has 3 N–H and O–H groups in total. The van der Waals surface area contributed by atoms with Gasteiger partial charge in [-0.3, -0.25) is 14.4 Å². The summed E-state index contributed by atoms with van der Waals surface area (Å²) in [5.41, 5.74) is -0.381. The van der Waals surface area contributed by atoms with E-state index in [1.807, 2.05) is 25.1 Å². The fourth-order valence-corrected chi connectivity index (χ4v) is 6.54. The lowest BCUT2D eigenvalue weighted by molar-refractivity contribution is -0.141. The first-order valence-corrected chi connectivity index (χ1v) is 12.7. The Morgan fingerprint density at radius 3 is 2.67 bits per heavy atom. The van der Waals surface area contributed by atoms with Crippen molar-refractivity contribution in [3.05, 3.63) is 30.3 Å². The van der Waals surface area contributed by atoms with Crippen molar-refractivity contribution in [2.24, 2.45) is 11.8 Å². The van der Waals surface area contributed by atoms with Crippen molar-refractivity contribution >= 4 is 39.3 Å². The summed E-state index contributed by atoms with van der Waals surface area (Å²) in [5, 5.41) is 15.1. The lowest BCUT2D eigenvalue weighted by atomic mass is 9.70. The average Bonchev–Trinajstić information content (AvgIpc) is 3.38. The average molecular weight is 522 g/mol. The maximum absolute atomic E-state index is 13.7. The third kappa shape index (κ3) is 4.31. The Hall–Kier alpha value is -1.97. The van der Waals surface area contributed by atoms with E-state index in [1.54, 1.807) is 17.0 Å². The van der Waals surface area contributed by atoms with E-state index in [-0.39, 0.29) is 29.2 Å². The molecule has 6 atom stereocenters. The zero-order valence-corrected chi connectivity index (χ0v) is 20.4. The maximum atomic E-state index is 13.7. The summed E-state index contributed by atoms with van der Waals surface area (Å²) in [6.45, 7) is 2.95. The highest BCUT2D eigenvalue weighted by Crippen LogP contribution is 2.60. The van der Waals surface area contributed by atoms with Gasteiger partial charge in [-0.25, -0.2) is 0 Å². The number of carbonyl (C=O) groups is 3. The van der Waals surface area contributed by atoms with Crippen LogP contribution >= 0.6 is 15.9 Å². The molecule has 0 aliphatic carbocycles. The minimum atomic E-state index is -1.04. The van der Waals surface area contributed by atoms with Gasteiger partial charge in [0.25, 0.3) is 0 Å². The number of para-hydroxylation sites is 1. The fourth-order valence-electron chi connectivity index (χ4n) is 5.60. The highest BCUT2D eigenvalue weighted by molar-refractivity contribution is 9.09. The minimum Gasteiger partial charge on any atom is -0.396 e. The van der Waals surface area contributed by atoms with Crippen LogP contribution in [0.2, 0.25) is 0 Å². The van der Waals surface area contributed by atoms with Gasteiger partial charge in [0.15, 0.2) is 0 Å². The van der Waals surface area contributed by atoms with Crippen LogP contribution in [0.15, 0.2) is 30.3 Å². The molecule has 3 amide bonds. The number of likely N-dealkylation sites (tertiary alicyclic amines) is 1. The van der Waals surface area contributed by atoms with E-state index in [2.05, 4.69) is 26.6 Å². The third-order valence-electron chi connectivity index (χ3n) is 7.02. The number of rotatable bonds is 10. The molecule has 2 bridgehead atoms. The van der Waals surface area contributed by atoms with Gasteiger partial charge in [-0.15, -0.1) is 0 Å². The largest absolute Gasteiger partial charge is 0.396 e. The second-order valence-electron chi connectivity index (χ2n) is 9.13. The smallest absolute Gasteiger partial charge is 0.245 e. The SMILES string of the molecule is CCCCNC(=O)C1N(CCCCO)C(=O)[C@@H]2[C@H](C(=O)Nc3ccccc3)[C@H]3OC12CC3Br. The van der Waals surface area contributed by atoms with Gasteiger partial charge in [0.05, 0.1) is 17.9 Å². The van der Waals surface area contributed by atoms with E-state index in [0.29, 0.717) is 38.0 Å². The van der Waals surface area contributed by atoms with Crippen molar-refractivity contribution < 1.29 is 24.2 Å². The first-order chi connectivity index (χ1) is 15.9. The quantitative estimate of drug-likeness (QED) is 0.322. The van der Waals surface area contributed by atoms with Crippen molar-refractivity contribution in [2.45, 2.75) is 61.6 Å². The molecule has 8 nitrogen and oxygen atoms in total. The summed E-state index contributed by atoms with van der Waals surface area (Å²) in [6, 6.07) is 8.35. The minimum absolute atomic E-state index is 0.0219. The first-order valence-electron chi connectivity index (χ1n) is 11.8. The van der Waals surface area contributed by atoms with Crippen LogP contribution in [0.3, 0.4) is 0 Å². The molecule has 3 unspecified atom stereocenters. The molecule has 1 aromatic carbocycles. The molecule has 3 fully saturated rings. The lowest BCUT2D eigenvalue weighted by Crippen LogP contribution is -2.56. The van der Waals surface area contributed by atoms with E-state index >= 15 is 0 Å². The summed E-state index contributed by atoms with van der Waals surface area (Å²) in [7, 11) is 0. The molecule has 1 aromatic rings. The second kappa shape index (κ2) is 10.1. The number of nitrogens with zero attached hydrogens (tertiary/aromatic N) is 1. The summed E-state index contributed by atoms with van der Waals surface area (Å²) in [4.78, 5) is 41.9. The van der Waals surface area contributed by atoms with Gasteiger partial charge < -0.3 is 25.4 Å². The summed E-state index contributed by atoms with van der Waals surface area (Å²) < 4.78 is 6.43. The van der Waals surface area contributed by atoms with Gasteiger partial charge in [-0.2, -0.15) is 0 Å². The van der Waals surface area contributed by atoms with E-state index in [0.717, 1.165) is 12.8 Å². The molecule has 0 saturated carbocycles. The summed E-state index contributed by atoms with van der Waals surface area (Å²) >= 11 is 3.67. The summed E-state index contributed by atoms with van der Waals surface area (Å²) in [5.74, 6) is -2.11. The van der Waals surface area contributed by atoms with Crippen LogP contribution in [0.5, 0.6) is 0 Å². The number of hydrogen-bond acceptors (Lipinski definition) is 5. The fraction of sp³-hybridized carbons (Fsp3) is 0.625. The van der Waals surface area contributed by atoms with E-state index in [9.17, 15) is 19.5 Å². The number of fused-ring (bicyclic) bond motifs is 1. The Kier molecular flexibility index (Phi) is 7.40. The van der Waals surface area contributed by atoms with Gasteiger partial charge in [0.2, 0.25) is 17.7 Å². The van der Waals surface area contributed by atoms with Crippen LogP contribution < -0.4 is 10.6 Å². The second-order valence-corrected chi connectivity index (χ2v) is 10.3. The molecular formula is C24H32BrN3O5. The molecule has 3 heterocycles. The molecule has 180 valence electrons. The zero-order chi connectivity index (χ0) is 23.6. The van der Waals surface area contributed by atoms with Crippen molar-refractivity contribution in [2.75, 3.05) is 25.0 Å². The molecule has 0 aromatic heterocycles. The molecule has 33 heavy (non-hydrogen) atoms. The first kappa shape index (κ1) is 24.2. The van der Waals surface area contributed by atoms with Crippen molar-refractivity contribution in [3.8, 4) is 0 Å². The van der Waals surface area contributed by atoms with Crippen molar-refractivity contribution in [1.82, 2.24) is 10.2 Å². The number of unbranched alkanes of at least 4 members (excludes halogenated alkanes) is 2. The zero-order valence-electron chi connectivity index (χ0n) is 18.8. The Morgan fingerprint density at radius 1 is 1.21 bits per heavy atom. The van der Waals surface area contributed by atoms with Gasteiger partial charge >= 0.3 is 0 Å². The normalized spacial score (nSPS) is 32.2. The van der Waals surface area contributed by atoms with Gasteiger partial charge in [-0.1, -0.05) is 47.5 Å². The Labute approximate surface area is 202 Å². The van der Waals surface area contributed by atoms with Crippen LogP contribution in [0.1, 0.15) is 39.0 Å². The van der Waals surface area contributed by atoms with E-state index < -0.39 is 29.6 Å². The molecule has 0 radical (unpaired) electrons. The third-order valence-corrected chi connectivity index (χ3v) is 7.86. The Bertz CT molecular complexity index is 884. The highest BCUT2D eigenvalue weighted by Gasteiger charge is 2.76. The highest BCUT2D eigenvalue weighted by atomic mass is 79.9. The van der Waals surface area contributed by atoms with Crippen molar-refractivity contribution in [3.63, 3.8) is 0 Å². The van der Waals surface area contributed by atoms with Gasteiger partial charge in [-0.05, 0) is 37.8 Å². The van der Waals surface area contributed by atoms with Crippen LogP contribution in [0, 0.1) is 11.8 Å². The number of hydrogen-bond donors (Lipinski definition) is 3. The Balaban J connectivity index is 1.64. The number of halogens is 1. The molecule has 9 heteroatoms. The van der Waals surface area contributed by atoms with Crippen molar-refractivity contribution in [1.29, 1.82) is 0 Å². The number of alkyl halides is 1. The number of benzene rings is 1. The van der Waals surface area contributed by atoms with E-state index in [4.69, 9.17) is 4.74 Å². The standard InChI is InChI=1S/C24H32BrN3O5/c1-2-3-11-26-22(31)20-24-14-16(25)19(33-24)17(21(30)27-15-9-5-4-6-10-15)18(24)23(32)28(20)12-7-8-13-29/h4-6,9-10,16-20,29H,2-3,7-8,11-14H2,1H3,(H,26,31)(H,27,30)/t16?,17-,18-,19-,20?,24?/m0/s1. The van der Waals surface area contributed by atoms with Crippen LogP contribution in [0.25, 0.3) is 0 Å². The number of aliphatic hydroxyl groups is 1. The van der Waals surface area contributed by atoms with E-state index in [1.165, 1.54) is 0 Å². The number of amides is 3. The molecular weight excluding hydrogens is 490 g/mol. The monoisotopic (exact) mass is 521 g/mol. The van der Waals surface area contributed by atoms with Crippen LogP contribution in [-0.2, 0) is 19.1 Å². The predicted molar refractivity (Wildman–Crippen MR) is 127 cm³/mol. The van der Waals surface area contributed by atoms with Gasteiger partial charge in [0, 0.05) is 30.2 Å². The number of ether oxygens (including phenoxy) is 1.